The minimum Gasteiger partial charge on any atom is -0.469 e. The van der Waals surface area contributed by atoms with Gasteiger partial charge in [0.1, 0.15) is 0 Å². The summed E-state index contributed by atoms with van der Waals surface area (Å²) in [5.41, 5.74) is 5.87. The van der Waals surface area contributed by atoms with Gasteiger partial charge in [0.2, 0.25) is 5.91 Å². The van der Waals surface area contributed by atoms with Crippen LogP contribution in [0, 0.1) is 5.92 Å². The van der Waals surface area contributed by atoms with Crippen molar-refractivity contribution in [3.63, 3.8) is 0 Å². The SMILES string of the molecule is COC(=O)CCNC(=O)C[C@@H]1CCC[C@H]1N. The second-order valence-corrected chi connectivity index (χ2v) is 4.24. The quantitative estimate of drug-likeness (QED) is 0.658. The van der Waals surface area contributed by atoms with Gasteiger partial charge < -0.3 is 15.8 Å². The number of hydrogen-bond donors (Lipinski definition) is 2. The van der Waals surface area contributed by atoms with Gasteiger partial charge in [-0.3, -0.25) is 9.59 Å². The number of rotatable bonds is 5. The molecule has 0 aromatic rings. The number of esters is 1. The molecular weight excluding hydrogens is 208 g/mol. The summed E-state index contributed by atoms with van der Waals surface area (Å²) in [4.78, 5) is 22.3. The largest absolute Gasteiger partial charge is 0.469 e. The lowest BCUT2D eigenvalue weighted by Crippen LogP contribution is -2.32. The van der Waals surface area contributed by atoms with E-state index in [0.29, 0.717) is 18.9 Å². The third-order valence-electron chi connectivity index (χ3n) is 3.04. The molecule has 1 aliphatic rings. The molecule has 3 N–H and O–H groups in total. The van der Waals surface area contributed by atoms with Crippen LogP contribution in [-0.2, 0) is 14.3 Å². The van der Waals surface area contributed by atoms with Gasteiger partial charge in [0.15, 0.2) is 0 Å². The minimum absolute atomic E-state index is 0.0220. The Morgan fingerprint density at radius 2 is 2.19 bits per heavy atom. The summed E-state index contributed by atoms with van der Waals surface area (Å²) in [6.45, 7) is 0.341. The van der Waals surface area contributed by atoms with Crippen molar-refractivity contribution in [2.75, 3.05) is 13.7 Å². The van der Waals surface area contributed by atoms with Crippen LogP contribution in [-0.4, -0.2) is 31.6 Å². The van der Waals surface area contributed by atoms with Gasteiger partial charge in [-0.25, -0.2) is 0 Å². The summed E-state index contributed by atoms with van der Waals surface area (Å²) in [5, 5.41) is 2.70. The van der Waals surface area contributed by atoms with E-state index in [1.165, 1.54) is 7.11 Å². The molecule has 92 valence electrons. The van der Waals surface area contributed by atoms with Crippen molar-refractivity contribution in [3.8, 4) is 0 Å². The van der Waals surface area contributed by atoms with Crippen LogP contribution in [0.2, 0.25) is 0 Å². The molecule has 1 amide bonds. The highest BCUT2D eigenvalue weighted by Crippen LogP contribution is 2.26. The van der Waals surface area contributed by atoms with Crippen LogP contribution >= 0.6 is 0 Å². The molecular formula is C11H20N2O3. The molecule has 5 heteroatoms. The maximum atomic E-state index is 11.5. The predicted molar refractivity (Wildman–Crippen MR) is 59.6 cm³/mol. The van der Waals surface area contributed by atoms with Crippen molar-refractivity contribution in [1.82, 2.24) is 5.32 Å². The molecule has 5 nitrogen and oxygen atoms in total. The monoisotopic (exact) mass is 228 g/mol. The van der Waals surface area contributed by atoms with Crippen molar-refractivity contribution in [2.45, 2.75) is 38.1 Å². The Morgan fingerprint density at radius 3 is 2.75 bits per heavy atom. The summed E-state index contributed by atoms with van der Waals surface area (Å²) in [6, 6.07) is 0.159. The van der Waals surface area contributed by atoms with E-state index in [0.717, 1.165) is 19.3 Å². The number of hydrogen-bond acceptors (Lipinski definition) is 4. The molecule has 0 aromatic carbocycles. The summed E-state index contributed by atoms with van der Waals surface area (Å²) in [5.74, 6) is -0.0257. The van der Waals surface area contributed by atoms with Crippen molar-refractivity contribution in [2.24, 2.45) is 11.7 Å². The summed E-state index contributed by atoms with van der Waals surface area (Å²) in [7, 11) is 1.34. The number of methoxy groups -OCH3 is 1. The van der Waals surface area contributed by atoms with Gasteiger partial charge in [-0.15, -0.1) is 0 Å². The van der Waals surface area contributed by atoms with Crippen LogP contribution in [0.3, 0.4) is 0 Å². The van der Waals surface area contributed by atoms with Gasteiger partial charge in [-0.2, -0.15) is 0 Å². The summed E-state index contributed by atoms with van der Waals surface area (Å²) >= 11 is 0. The fourth-order valence-electron chi connectivity index (χ4n) is 2.04. The lowest BCUT2D eigenvalue weighted by molar-refractivity contribution is -0.140. The molecule has 1 aliphatic carbocycles. The molecule has 16 heavy (non-hydrogen) atoms. The van der Waals surface area contributed by atoms with E-state index in [1.807, 2.05) is 0 Å². The van der Waals surface area contributed by atoms with Crippen LogP contribution in [0.25, 0.3) is 0 Å². The standard InChI is InChI=1S/C11H20N2O3/c1-16-11(15)5-6-13-10(14)7-8-3-2-4-9(8)12/h8-9H,2-7,12H2,1H3,(H,13,14)/t8-,9+/m0/s1. The van der Waals surface area contributed by atoms with Gasteiger partial charge in [0, 0.05) is 19.0 Å². The van der Waals surface area contributed by atoms with Crippen LogP contribution in [0.1, 0.15) is 32.1 Å². The van der Waals surface area contributed by atoms with Crippen molar-refractivity contribution in [1.29, 1.82) is 0 Å². The lowest BCUT2D eigenvalue weighted by Gasteiger charge is -2.14. The van der Waals surface area contributed by atoms with E-state index < -0.39 is 0 Å². The summed E-state index contributed by atoms with van der Waals surface area (Å²) < 4.78 is 4.47. The highest BCUT2D eigenvalue weighted by molar-refractivity contribution is 5.77. The average Bonchev–Trinajstić information content (AvgIpc) is 2.64. The first kappa shape index (κ1) is 13.0. The first-order chi connectivity index (χ1) is 7.63. The number of nitrogens with one attached hydrogen (secondary N) is 1. The molecule has 1 fully saturated rings. The lowest BCUT2D eigenvalue weighted by atomic mass is 10.00. The van der Waals surface area contributed by atoms with Crippen LogP contribution in [0.5, 0.6) is 0 Å². The Labute approximate surface area is 95.7 Å². The molecule has 2 atom stereocenters. The zero-order chi connectivity index (χ0) is 12.0. The molecule has 1 saturated carbocycles. The highest BCUT2D eigenvalue weighted by atomic mass is 16.5. The summed E-state index contributed by atoms with van der Waals surface area (Å²) in [6.07, 6.45) is 3.86. The Hall–Kier alpha value is -1.10. The van der Waals surface area contributed by atoms with E-state index >= 15 is 0 Å². The van der Waals surface area contributed by atoms with E-state index in [2.05, 4.69) is 10.1 Å². The second kappa shape index (κ2) is 6.48. The first-order valence-electron chi connectivity index (χ1n) is 5.72. The number of ether oxygens (including phenoxy) is 1. The van der Waals surface area contributed by atoms with Gasteiger partial charge in [-0.1, -0.05) is 6.42 Å². The van der Waals surface area contributed by atoms with E-state index in [-0.39, 0.29) is 24.3 Å². The Kier molecular flexibility index (Phi) is 5.25. The van der Waals surface area contributed by atoms with E-state index in [9.17, 15) is 9.59 Å². The Bertz CT molecular complexity index is 256. The fourth-order valence-corrected chi connectivity index (χ4v) is 2.04. The van der Waals surface area contributed by atoms with Gasteiger partial charge in [0.05, 0.1) is 13.5 Å². The Balaban J connectivity index is 2.13. The predicted octanol–water partition coefficient (Wildman–Crippen LogP) is 0.183. The first-order valence-corrected chi connectivity index (χ1v) is 5.72. The van der Waals surface area contributed by atoms with E-state index in [1.54, 1.807) is 0 Å². The Morgan fingerprint density at radius 1 is 1.44 bits per heavy atom. The van der Waals surface area contributed by atoms with E-state index in [4.69, 9.17) is 5.73 Å². The number of amides is 1. The number of carbonyl (C=O) groups excluding carboxylic acids is 2. The fraction of sp³-hybridized carbons (Fsp3) is 0.818. The third kappa shape index (κ3) is 4.18. The van der Waals surface area contributed by atoms with Crippen LogP contribution in [0.15, 0.2) is 0 Å². The van der Waals surface area contributed by atoms with Crippen molar-refractivity contribution < 1.29 is 14.3 Å². The zero-order valence-corrected chi connectivity index (χ0v) is 9.70. The maximum absolute atomic E-state index is 11.5. The molecule has 0 radical (unpaired) electrons. The van der Waals surface area contributed by atoms with Crippen LogP contribution in [0.4, 0.5) is 0 Å². The minimum atomic E-state index is -0.308. The molecule has 0 saturated heterocycles. The zero-order valence-electron chi connectivity index (χ0n) is 9.70. The van der Waals surface area contributed by atoms with Crippen molar-refractivity contribution >= 4 is 11.9 Å². The van der Waals surface area contributed by atoms with Gasteiger partial charge in [-0.05, 0) is 18.8 Å². The molecule has 1 rings (SSSR count). The van der Waals surface area contributed by atoms with Gasteiger partial charge in [0.25, 0.3) is 0 Å². The highest BCUT2D eigenvalue weighted by Gasteiger charge is 2.25. The van der Waals surface area contributed by atoms with Crippen molar-refractivity contribution in [3.05, 3.63) is 0 Å². The molecule has 0 heterocycles. The molecule has 0 aliphatic heterocycles. The number of nitrogens with two attached hydrogens (primary N) is 1. The maximum Gasteiger partial charge on any atom is 0.307 e. The topological polar surface area (TPSA) is 81.4 Å². The smallest absolute Gasteiger partial charge is 0.307 e. The molecule has 0 unspecified atom stereocenters. The molecule has 0 aromatic heterocycles. The number of carbonyl (C=O) groups is 2. The normalized spacial score (nSPS) is 24.1. The molecule has 0 spiro atoms. The molecule has 0 bridgehead atoms. The van der Waals surface area contributed by atoms with Crippen LogP contribution < -0.4 is 11.1 Å². The van der Waals surface area contributed by atoms with Gasteiger partial charge >= 0.3 is 5.97 Å². The second-order valence-electron chi connectivity index (χ2n) is 4.24. The third-order valence-corrected chi connectivity index (χ3v) is 3.04. The average molecular weight is 228 g/mol.